The van der Waals surface area contributed by atoms with Crippen LogP contribution < -0.4 is 4.90 Å². The third kappa shape index (κ3) is 6.57. The Bertz CT molecular complexity index is 1160. The highest BCUT2D eigenvalue weighted by molar-refractivity contribution is 6.30. The number of likely N-dealkylation sites (tertiary alicyclic amines) is 1. The maximum atomic E-state index is 13.7. The smallest absolute Gasteiger partial charge is 0.409 e. The van der Waals surface area contributed by atoms with E-state index in [-0.39, 0.29) is 35.3 Å². The van der Waals surface area contributed by atoms with E-state index in [0.29, 0.717) is 30.3 Å². The summed E-state index contributed by atoms with van der Waals surface area (Å²) < 4.78 is 5.60. The van der Waals surface area contributed by atoms with E-state index in [4.69, 9.17) is 21.6 Å². The van der Waals surface area contributed by atoms with Gasteiger partial charge in [-0.1, -0.05) is 44.5 Å². The Hall–Kier alpha value is -3.31. The second kappa shape index (κ2) is 11.6. The van der Waals surface area contributed by atoms with Crippen LogP contribution in [-0.4, -0.2) is 72.7 Å². The van der Waals surface area contributed by atoms with E-state index in [0.717, 1.165) is 37.3 Å². The molecule has 202 valence electrons. The zero-order valence-corrected chi connectivity index (χ0v) is 23.3. The number of carbonyl (C=O) groups excluding carboxylic acids is 2. The zero-order chi connectivity index (χ0) is 27.4. The van der Waals surface area contributed by atoms with Crippen molar-refractivity contribution in [3.63, 3.8) is 0 Å². The molecule has 0 N–H and O–H groups in total. The van der Waals surface area contributed by atoms with E-state index in [1.165, 1.54) is 0 Å². The number of pyridine rings is 1. The first kappa shape index (κ1) is 27.7. The Kier molecular flexibility index (Phi) is 8.47. The van der Waals surface area contributed by atoms with E-state index in [2.05, 4.69) is 16.0 Å². The number of anilines is 1. The lowest BCUT2D eigenvalue weighted by molar-refractivity contribution is -0.135. The monoisotopic (exact) mass is 537 g/mol. The predicted molar refractivity (Wildman–Crippen MR) is 147 cm³/mol. The van der Waals surface area contributed by atoms with Gasteiger partial charge in [0.05, 0.1) is 18.2 Å². The quantitative estimate of drug-likeness (QED) is 0.537. The molecule has 9 heteroatoms. The van der Waals surface area contributed by atoms with E-state index >= 15 is 0 Å². The lowest BCUT2D eigenvalue weighted by Crippen LogP contribution is -2.45. The van der Waals surface area contributed by atoms with Crippen molar-refractivity contribution in [2.24, 2.45) is 11.3 Å². The molecule has 4 rings (SSSR count). The number of carbonyl (C=O) groups is 2. The van der Waals surface area contributed by atoms with Gasteiger partial charge in [-0.2, -0.15) is 5.26 Å². The van der Waals surface area contributed by atoms with Crippen LogP contribution in [0.25, 0.3) is 0 Å². The summed E-state index contributed by atoms with van der Waals surface area (Å²) in [5.74, 6) is 0.850. The largest absolute Gasteiger partial charge is 0.449 e. The van der Waals surface area contributed by atoms with Crippen molar-refractivity contribution in [1.29, 1.82) is 5.26 Å². The Morgan fingerprint density at radius 3 is 2.39 bits per heavy atom. The highest BCUT2D eigenvalue weighted by atomic mass is 35.5. The van der Waals surface area contributed by atoms with Crippen LogP contribution in [0.15, 0.2) is 42.6 Å². The van der Waals surface area contributed by atoms with Gasteiger partial charge in [-0.15, -0.1) is 0 Å². The van der Waals surface area contributed by atoms with Gasteiger partial charge in [0.2, 0.25) is 5.91 Å². The summed E-state index contributed by atoms with van der Waals surface area (Å²) in [4.78, 5) is 36.7. The van der Waals surface area contributed by atoms with Crippen molar-refractivity contribution < 1.29 is 14.3 Å². The zero-order valence-electron chi connectivity index (χ0n) is 22.6. The van der Waals surface area contributed by atoms with Crippen molar-refractivity contribution in [3.8, 4) is 6.07 Å². The summed E-state index contributed by atoms with van der Waals surface area (Å²) in [6.07, 6.45) is 2.67. The number of halogens is 1. The number of piperidine rings is 1. The standard InChI is InChI=1S/C29H36ClN5O3/c1-29(2,3)19-38-28(37)33(4)25-18-35(17-24(25)21-6-8-23(30)9-7-21)27(36)22-11-13-34(14-12-22)26-10-5-20(15-31)16-32-26/h5-10,16,22,24-25H,11-14,17-19H2,1-4H3/t24?,25-/m1/s1. The van der Waals surface area contributed by atoms with Gasteiger partial charge >= 0.3 is 6.09 Å². The highest BCUT2D eigenvalue weighted by Gasteiger charge is 2.42. The number of likely N-dealkylation sites (N-methyl/N-ethyl adjacent to an activating group) is 1. The molecular weight excluding hydrogens is 502 g/mol. The molecule has 0 spiro atoms. The number of benzene rings is 1. The minimum atomic E-state index is -0.374. The molecule has 2 aliphatic rings. The number of nitriles is 1. The van der Waals surface area contributed by atoms with Crippen LogP contribution >= 0.6 is 11.6 Å². The number of ether oxygens (including phenoxy) is 1. The van der Waals surface area contributed by atoms with Crippen LogP contribution in [0.1, 0.15) is 50.7 Å². The molecule has 2 fully saturated rings. The Labute approximate surface area is 230 Å². The first-order valence-corrected chi connectivity index (χ1v) is 13.5. The Morgan fingerprint density at radius 1 is 1.13 bits per heavy atom. The lowest BCUT2D eigenvalue weighted by atomic mass is 9.93. The Balaban J connectivity index is 1.43. The summed E-state index contributed by atoms with van der Waals surface area (Å²) in [6.45, 7) is 8.85. The van der Waals surface area contributed by atoms with Crippen LogP contribution in [0.4, 0.5) is 10.6 Å². The van der Waals surface area contributed by atoms with Gasteiger partial charge in [-0.05, 0) is 48.1 Å². The topological polar surface area (TPSA) is 89.8 Å². The van der Waals surface area contributed by atoms with E-state index in [1.807, 2.05) is 56.0 Å². The normalized spacial score (nSPS) is 20.2. The van der Waals surface area contributed by atoms with Crippen LogP contribution in [-0.2, 0) is 9.53 Å². The molecule has 2 atom stereocenters. The molecule has 0 bridgehead atoms. The number of amides is 2. The highest BCUT2D eigenvalue weighted by Crippen LogP contribution is 2.34. The average molecular weight is 538 g/mol. The molecule has 0 radical (unpaired) electrons. The minimum absolute atomic E-state index is 0.0358. The van der Waals surface area contributed by atoms with E-state index in [9.17, 15) is 9.59 Å². The number of rotatable bonds is 5. The van der Waals surface area contributed by atoms with Crippen molar-refractivity contribution in [1.82, 2.24) is 14.8 Å². The van der Waals surface area contributed by atoms with Gasteiger partial charge < -0.3 is 19.4 Å². The molecule has 2 aliphatic heterocycles. The average Bonchev–Trinajstić information content (AvgIpc) is 3.36. The van der Waals surface area contributed by atoms with Crippen LogP contribution in [0.2, 0.25) is 5.02 Å². The van der Waals surface area contributed by atoms with Gasteiger partial charge in [-0.3, -0.25) is 4.79 Å². The number of nitrogens with zero attached hydrogens (tertiary/aromatic N) is 5. The molecule has 1 aromatic heterocycles. The number of hydrogen-bond acceptors (Lipinski definition) is 6. The first-order chi connectivity index (χ1) is 18.1. The van der Waals surface area contributed by atoms with Gasteiger partial charge in [-0.25, -0.2) is 9.78 Å². The summed E-state index contributed by atoms with van der Waals surface area (Å²) in [5, 5.41) is 9.65. The van der Waals surface area contributed by atoms with E-state index < -0.39 is 0 Å². The maximum Gasteiger partial charge on any atom is 0.409 e. The fourth-order valence-corrected chi connectivity index (χ4v) is 5.29. The minimum Gasteiger partial charge on any atom is -0.449 e. The SMILES string of the molecule is CN(C(=O)OCC(C)(C)C)[C@@H]1CN(C(=O)C2CCN(c3ccc(C#N)cn3)CC2)CC1c1ccc(Cl)cc1. The molecule has 38 heavy (non-hydrogen) atoms. The second-order valence-corrected chi connectivity index (χ2v) is 11.9. The third-order valence-electron chi connectivity index (χ3n) is 7.36. The van der Waals surface area contributed by atoms with Crippen molar-refractivity contribution in [2.75, 3.05) is 44.7 Å². The molecule has 0 saturated carbocycles. The van der Waals surface area contributed by atoms with Crippen LogP contribution in [0.3, 0.4) is 0 Å². The van der Waals surface area contributed by atoms with Gasteiger partial charge in [0.15, 0.2) is 0 Å². The molecule has 2 aromatic rings. The molecule has 8 nitrogen and oxygen atoms in total. The number of hydrogen-bond donors (Lipinski definition) is 0. The van der Waals surface area contributed by atoms with Crippen LogP contribution in [0.5, 0.6) is 0 Å². The predicted octanol–water partition coefficient (Wildman–Crippen LogP) is 4.93. The summed E-state index contributed by atoms with van der Waals surface area (Å²) in [6, 6.07) is 13.2. The molecule has 1 aromatic carbocycles. The Morgan fingerprint density at radius 2 is 1.82 bits per heavy atom. The summed E-state index contributed by atoms with van der Waals surface area (Å²) in [7, 11) is 1.76. The van der Waals surface area contributed by atoms with E-state index in [1.54, 1.807) is 24.2 Å². The van der Waals surface area contributed by atoms with Crippen molar-refractivity contribution in [2.45, 2.75) is 45.6 Å². The first-order valence-electron chi connectivity index (χ1n) is 13.1. The molecule has 3 heterocycles. The fourth-order valence-electron chi connectivity index (χ4n) is 5.17. The molecule has 2 saturated heterocycles. The molecule has 0 aliphatic carbocycles. The summed E-state index contributed by atoms with van der Waals surface area (Å²) in [5.41, 5.74) is 1.45. The van der Waals surface area contributed by atoms with Gasteiger partial charge in [0.1, 0.15) is 11.9 Å². The molecule has 2 amide bonds. The third-order valence-corrected chi connectivity index (χ3v) is 7.61. The summed E-state index contributed by atoms with van der Waals surface area (Å²) >= 11 is 6.13. The molecule has 1 unspecified atom stereocenters. The van der Waals surface area contributed by atoms with Gasteiger partial charge in [0.25, 0.3) is 0 Å². The second-order valence-electron chi connectivity index (χ2n) is 11.5. The van der Waals surface area contributed by atoms with Gasteiger partial charge in [0, 0.05) is 56.3 Å². The molecular formula is C29H36ClN5O3. The maximum absolute atomic E-state index is 13.7. The lowest BCUT2D eigenvalue weighted by Gasteiger charge is -2.34. The fraction of sp³-hybridized carbons (Fsp3) is 0.517. The van der Waals surface area contributed by atoms with Crippen molar-refractivity contribution in [3.05, 3.63) is 58.7 Å². The van der Waals surface area contributed by atoms with Crippen LogP contribution in [0, 0.1) is 22.7 Å². The number of aromatic nitrogens is 1. The van der Waals surface area contributed by atoms with Crippen molar-refractivity contribution >= 4 is 29.4 Å².